The fourth-order valence-corrected chi connectivity index (χ4v) is 1.88. The number of alkyl halides is 1. The van der Waals surface area contributed by atoms with Crippen LogP contribution in [0, 0.1) is 5.41 Å². The highest BCUT2D eigenvalue weighted by Gasteiger charge is 2.35. The molecule has 0 spiro atoms. The zero-order valence-electron chi connectivity index (χ0n) is 7.70. The lowest BCUT2D eigenvalue weighted by atomic mass is 9.90. The summed E-state index contributed by atoms with van der Waals surface area (Å²) in [5.41, 5.74) is -0.518. The number of aliphatic hydroxyl groups is 1. The topological polar surface area (TPSA) is 54.4 Å². The Bertz CT molecular complexity index is 240. The van der Waals surface area contributed by atoms with Crippen molar-refractivity contribution in [1.29, 1.82) is 0 Å². The van der Waals surface area contributed by atoms with Crippen LogP contribution in [0.25, 0.3) is 0 Å². The second kappa shape index (κ2) is 3.52. The number of rotatable bonds is 2. The lowest BCUT2D eigenvalue weighted by molar-refractivity contribution is 0.0747. The summed E-state index contributed by atoms with van der Waals surface area (Å²) >= 11 is 5.55. The zero-order chi connectivity index (χ0) is 10.2. The molecule has 0 amide bonds. The summed E-state index contributed by atoms with van der Waals surface area (Å²) < 4.78 is 20.6. The van der Waals surface area contributed by atoms with Gasteiger partial charge in [0.25, 0.3) is 0 Å². The molecule has 0 rings (SSSR count). The average molecular weight is 215 g/mol. The van der Waals surface area contributed by atoms with E-state index < -0.39 is 26.1 Å². The van der Waals surface area contributed by atoms with Crippen LogP contribution < -0.4 is 0 Å². The van der Waals surface area contributed by atoms with E-state index in [4.69, 9.17) is 11.6 Å². The van der Waals surface area contributed by atoms with Gasteiger partial charge in [-0.1, -0.05) is 20.8 Å². The maximum Gasteiger partial charge on any atom is 0.166 e. The summed E-state index contributed by atoms with van der Waals surface area (Å²) in [5, 5.41) is 9.48. The lowest BCUT2D eigenvalue weighted by Gasteiger charge is -2.28. The molecule has 0 saturated heterocycles. The minimum atomic E-state index is -3.37. The van der Waals surface area contributed by atoms with Gasteiger partial charge in [-0.25, -0.2) is 8.42 Å². The molecule has 1 N–H and O–H groups in total. The first kappa shape index (κ1) is 12.2. The Labute approximate surface area is 78.7 Å². The van der Waals surface area contributed by atoms with E-state index in [0.29, 0.717) is 0 Å². The van der Waals surface area contributed by atoms with Crippen LogP contribution in [-0.4, -0.2) is 30.6 Å². The van der Waals surface area contributed by atoms with Crippen molar-refractivity contribution in [1.82, 2.24) is 0 Å². The van der Waals surface area contributed by atoms with Crippen LogP contribution in [0.1, 0.15) is 20.8 Å². The van der Waals surface area contributed by atoms with E-state index in [-0.39, 0.29) is 0 Å². The first-order valence-electron chi connectivity index (χ1n) is 3.58. The van der Waals surface area contributed by atoms with Crippen LogP contribution in [0.2, 0.25) is 0 Å². The smallest absolute Gasteiger partial charge is 0.166 e. The van der Waals surface area contributed by atoms with E-state index in [0.717, 1.165) is 6.26 Å². The highest BCUT2D eigenvalue weighted by Crippen LogP contribution is 2.26. The van der Waals surface area contributed by atoms with Crippen LogP contribution in [0.5, 0.6) is 0 Å². The molecule has 0 aromatic rings. The normalized spacial score (nSPS) is 18.8. The van der Waals surface area contributed by atoms with Crippen LogP contribution in [0.15, 0.2) is 0 Å². The molecular formula is C7H15ClO3S. The third-order valence-corrected chi connectivity index (χ3v) is 3.83. The molecule has 0 unspecified atom stereocenters. The zero-order valence-corrected chi connectivity index (χ0v) is 9.28. The van der Waals surface area contributed by atoms with Crippen molar-refractivity contribution in [2.24, 2.45) is 5.41 Å². The molecule has 0 radical (unpaired) electrons. The molecule has 0 fully saturated rings. The second-order valence-electron chi connectivity index (χ2n) is 3.99. The SMILES string of the molecule is CC(C)(C)[C@@H](O)[C@@H](Cl)S(C)(=O)=O. The van der Waals surface area contributed by atoms with Gasteiger partial charge in [-0.2, -0.15) is 0 Å². The molecule has 0 saturated carbocycles. The summed E-state index contributed by atoms with van der Waals surface area (Å²) in [6, 6.07) is 0. The van der Waals surface area contributed by atoms with Gasteiger partial charge in [-0.3, -0.25) is 0 Å². The van der Waals surface area contributed by atoms with E-state index in [1.165, 1.54) is 0 Å². The Balaban J connectivity index is 4.64. The number of hydrogen-bond acceptors (Lipinski definition) is 3. The Hall–Kier alpha value is 0.200. The lowest BCUT2D eigenvalue weighted by Crippen LogP contribution is -2.38. The third kappa shape index (κ3) is 3.29. The predicted molar refractivity (Wildman–Crippen MR) is 49.9 cm³/mol. The molecule has 0 aromatic carbocycles. The van der Waals surface area contributed by atoms with E-state index in [1.54, 1.807) is 20.8 Å². The molecule has 2 atom stereocenters. The molecule has 0 aliphatic heterocycles. The summed E-state index contributed by atoms with van der Waals surface area (Å²) in [6.45, 7) is 5.20. The van der Waals surface area contributed by atoms with Crippen molar-refractivity contribution in [3.63, 3.8) is 0 Å². The predicted octanol–water partition coefficient (Wildman–Crippen LogP) is 1.00. The summed E-state index contributed by atoms with van der Waals surface area (Å²) in [4.78, 5) is 0. The van der Waals surface area contributed by atoms with Crippen molar-refractivity contribution < 1.29 is 13.5 Å². The largest absolute Gasteiger partial charge is 0.390 e. The number of halogens is 1. The van der Waals surface area contributed by atoms with E-state index >= 15 is 0 Å². The number of aliphatic hydroxyl groups excluding tert-OH is 1. The van der Waals surface area contributed by atoms with Gasteiger partial charge >= 0.3 is 0 Å². The Morgan fingerprint density at radius 2 is 1.67 bits per heavy atom. The Morgan fingerprint density at radius 3 is 1.75 bits per heavy atom. The maximum atomic E-state index is 10.9. The Kier molecular flexibility index (Phi) is 3.58. The van der Waals surface area contributed by atoms with Gasteiger partial charge in [0.2, 0.25) is 0 Å². The van der Waals surface area contributed by atoms with Gasteiger partial charge in [-0.15, -0.1) is 11.6 Å². The van der Waals surface area contributed by atoms with Crippen LogP contribution in [0.4, 0.5) is 0 Å². The molecule has 0 bridgehead atoms. The molecule has 0 aromatic heterocycles. The minimum Gasteiger partial charge on any atom is -0.390 e. The second-order valence-corrected chi connectivity index (χ2v) is 6.89. The average Bonchev–Trinajstić information content (AvgIpc) is 1.80. The number of hydrogen-bond donors (Lipinski definition) is 1. The first-order valence-corrected chi connectivity index (χ1v) is 5.97. The quantitative estimate of drug-likeness (QED) is 0.698. The molecule has 3 nitrogen and oxygen atoms in total. The van der Waals surface area contributed by atoms with E-state index in [2.05, 4.69) is 0 Å². The summed E-state index contributed by atoms with van der Waals surface area (Å²) in [6.07, 6.45) is -0.0335. The molecule has 0 aliphatic carbocycles. The van der Waals surface area contributed by atoms with E-state index in [1.807, 2.05) is 0 Å². The van der Waals surface area contributed by atoms with Gasteiger partial charge in [0, 0.05) is 6.26 Å². The summed E-state index contributed by atoms with van der Waals surface area (Å²) in [7, 11) is -3.37. The highest BCUT2D eigenvalue weighted by molar-refractivity contribution is 7.92. The molecule has 12 heavy (non-hydrogen) atoms. The van der Waals surface area contributed by atoms with Gasteiger partial charge < -0.3 is 5.11 Å². The van der Waals surface area contributed by atoms with Crippen molar-refractivity contribution >= 4 is 21.4 Å². The molecule has 0 heterocycles. The molecular weight excluding hydrogens is 200 g/mol. The van der Waals surface area contributed by atoms with Gasteiger partial charge in [0.15, 0.2) is 14.5 Å². The first-order chi connectivity index (χ1) is 5.07. The van der Waals surface area contributed by atoms with Crippen LogP contribution in [0.3, 0.4) is 0 Å². The van der Waals surface area contributed by atoms with E-state index in [9.17, 15) is 13.5 Å². The number of sulfone groups is 1. The maximum absolute atomic E-state index is 10.9. The third-order valence-electron chi connectivity index (χ3n) is 1.54. The molecule has 74 valence electrons. The fourth-order valence-electron chi connectivity index (χ4n) is 0.627. The van der Waals surface area contributed by atoms with Crippen molar-refractivity contribution in [3.8, 4) is 0 Å². The standard InChI is InChI=1S/C7H15ClO3S/c1-7(2,3)5(9)6(8)12(4,10)11/h5-6,9H,1-4H3/t5-,6-/m0/s1. The van der Waals surface area contributed by atoms with Gasteiger partial charge in [0.1, 0.15) is 0 Å². The monoisotopic (exact) mass is 214 g/mol. The Morgan fingerprint density at radius 1 is 1.33 bits per heavy atom. The van der Waals surface area contributed by atoms with Gasteiger partial charge in [-0.05, 0) is 5.41 Å². The van der Waals surface area contributed by atoms with Crippen LogP contribution in [-0.2, 0) is 9.84 Å². The fraction of sp³-hybridized carbons (Fsp3) is 1.00. The van der Waals surface area contributed by atoms with Gasteiger partial charge in [0.05, 0.1) is 6.10 Å². The molecule has 0 aliphatic rings. The van der Waals surface area contributed by atoms with Crippen molar-refractivity contribution in [2.75, 3.05) is 6.26 Å². The van der Waals surface area contributed by atoms with Crippen molar-refractivity contribution in [2.45, 2.75) is 31.6 Å². The van der Waals surface area contributed by atoms with Crippen LogP contribution >= 0.6 is 11.6 Å². The minimum absolute atomic E-state index is 0.518. The molecule has 5 heteroatoms. The van der Waals surface area contributed by atoms with Crippen molar-refractivity contribution in [3.05, 3.63) is 0 Å². The highest BCUT2D eigenvalue weighted by atomic mass is 35.5. The summed E-state index contributed by atoms with van der Waals surface area (Å²) in [5.74, 6) is 0.